The summed E-state index contributed by atoms with van der Waals surface area (Å²) in [6, 6.07) is 5.54. The molecule has 1 aromatic carbocycles. The van der Waals surface area contributed by atoms with Crippen LogP contribution in [-0.2, 0) is 11.3 Å². The van der Waals surface area contributed by atoms with Crippen LogP contribution in [0.2, 0.25) is 0 Å². The predicted octanol–water partition coefficient (Wildman–Crippen LogP) is 1.59. The largest absolute Gasteiger partial charge is 0.490 e. The number of nitrogens with one attached hydrogen (secondary N) is 2. The zero-order valence-corrected chi connectivity index (χ0v) is 11.0. The molecule has 0 heterocycles. The van der Waals surface area contributed by atoms with Crippen LogP contribution in [0.25, 0.3) is 0 Å². The molecular weight excluding hydrogens is 247 g/mol. The minimum absolute atomic E-state index is 0.120. The van der Waals surface area contributed by atoms with Crippen molar-refractivity contribution >= 4 is 5.91 Å². The SMILES string of the molecule is CNC(=O)CCOc1ccc(CNC2CC2)cc1F. The van der Waals surface area contributed by atoms with Crippen molar-refractivity contribution in [1.29, 1.82) is 0 Å². The summed E-state index contributed by atoms with van der Waals surface area (Å²) in [6.45, 7) is 0.858. The van der Waals surface area contributed by atoms with E-state index in [1.54, 1.807) is 13.1 Å². The molecule has 0 aliphatic heterocycles. The molecular formula is C14H19FN2O2. The smallest absolute Gasteiger partial charge is 0.223 e. The first-order valence-corrected chi connectivity index (χ1v) is 6.54. The van der Waals surface area contributed by atoms with Crippen molar-refractivity contribution in [3.63, 3.8) is 0 Å². The lowest BCUT2D eigenvalue weighted by molar-refractivity contribution is -0.121. The van der Waals surface area contributed by atoms with Gasteiger partial charge in [-0.3, -0.25) is 4.79 Å². The van der Waals surface area contributed by atoms with E-state index < -0.39 is 0 Å². The Bertz CT molecular complexity index is 447. The van der Waals surface area contributed by atoms with Gasteiger partial charge in [0.1, 0.15) is 0 Å². The monoisotopic (exact) mass is 266 g/mol. The number of halogens is 1. The molecule has 4 nitrogen and oxygen atoms in total. The van der Waals surface area contributed by atoms with Crippen molar-refractivity contribution in [3.8, 4) is 5.75 Å². The molecule has 2 rings (SSSR count). The van der Waals surface area contributed by atoms with Crippen molar-refractivity contribution in [1.82, 2.24) is 10.6 Å². The van der Waals surface area contributed by atoms with E-state index in [2.05, 4.69) is 10.6 Å². The Kier molecular flexibility index (Phi) is 4.74. The van der Waals surface area contributed by atoms with Gasteiger partial charge in [-0.1, -0.05) is 6.07 Å². The van der Waals surface area contributed by atoms with Crippen LogP contribution in [0.5, 0.6) is 5.75 Å². The van der Waals surface area contributed by atoms with E-state index in [1.165, 1.54) is 18.9 Å². The Hall–Kier alpha value is -1.62. The quantitative estimate of drug-likeness (QED) is 0.788. The molecule has 0 unspecified atom stereocenters. The van der Waals surface area contributed by atoms with Crippen LogP contribution < -0.4 is 15.4 Å². The summed E-state index contributed by atoms with van der Waals surface area (Å²) in [5.41, 5.74) is 0.906. The standard InChI is InChI=1S/C14H19FN2O2/c1-16-14(18)6-7-19-13-5-2-10(8-12(13)15)9-17-11-3-4-11/h2,5,8,11,17H,3-4,6-7,9H2,1H3,(H,16,18). The van der Waals surface area contributed by atoms with Crippen LogP contribution in [0.1, 0.15) is 24.8 Å². The molecule has 1 saturated carbocycles. The summed E-state index contributed by atoms with van der Waals surface area (Å²) in [7, 11) is 1.56. The van der Waals surface area contributed by atoms with E-state index in [0.29, 0.717) is 12.6 Å². The van der Waals surface area contributed by atoms with Gasteiger partial charge in [-0.15, -0.1) is 0 Å². The molecule has 0 atom stereocenters. The van der Waals surface area contributed by atoms with E-state index in [0.717, 1.165) is 5.56 Å². The van der Waals surface area contributed by atoms with E-state index in [4.69, 9.17) is 4.74 Å². The number of rotatable bonds is 7. The Balaban J connectivity index is 1.81. The van der Waals surface area contributed by atoms with Gasteiger partial charge in [-0.2, -0.15) is 0 Å². The first kappa shape index (κ1) is 13.8. The van der Waals surface area contributed by atoms with E-state index >= 15 is 0 Å². The number of carbonyl (C=O) groups is 1. The fraction of sp³-hybridized carbons (Fsp3) is 0.500. The summed E-state index contributed by atoms with van der Waals surface area (Å²) in [5, 5.41) is 5.81. The molecule has 0 spiro atoms. The van der Waals surface area contributed by atoms with Crippen LogP contribution in [0, 0.1) is 5.82 Å². The number of benzene rings is 1. The summed E-state index contributed by atoms with van der Waals surface area (Å²) in [6.07, 6.45) is 2.65. The second-order valence-corrected chi connectivity index (χ2v) is 4.69. The van der Waals surface area contributed by atoms with E-state index in [9.17, 15) is 9.18 Å². The van der Waals surface area contributed by atoms with Gasteiger partial charge >= 0.3 is 0 Å². The third kappa shape index (κ3) is 4.52. The highest BCUT2D eigenvalue weighted by atomic mass is 19.1. The zero-order chi connectivity index (χ0) is 13.7. The molecule has 5 heteroatoms. The van der Waals surface area contributed by atoms with Crippen molar-refractivity contribution in [3.05, 3.63) is 29.6 Å². The average molecular weight is 266 g/mol. The molecule has 0 radical (unpaired) electrons. The molecule has 1 aromatic rings. The van der Waals surface area contributed by atoms with Gasteiger partial charge in [-0.05, 0) is 30.5 Å². The maximum Gasteiger partial charge on any atom is 0.223 e. The highest BCUT2D eigenvalue weighted by Crippen LogP contribution is 2.21. The lowest BCUT2D eigenvalue weighted by Gasteiger charge is -2.09. The minimum Gasteiger partial charge on any atom is -0.490 e. The van der Waals surface area contributed by atoms with Gasteiger partial charge in [0.25, 0.3) is 0 Å². The number of hydrogen-bond donors (Lipinski definition) is 2. The van der Waals surface area contributed by atoms with Gasteiger partial charge in [0, 0.05) is 19.6 Å². The van der Waals surface area contributed by atoms with Crippen molar-refractivity contribution < 1.29 is 13.9 Å². The molecule has 0 aromatic heterocycles. The molecule has 19 heavy (non-hydrogen) atoms. The number of ether oxygens (including phenoxy) is 1. The van der Waals surface area contributed by atoms with Crippen molar-refractivity contribution in [2.24, 2.45) is 0 Å². The van der Waals surface area contributed by atoms with Crippen molar-refractivity contribution in [2.45, 2.75) is 31.8 Å². The molecule has 0 bridgehead atoms. The van der Waals surface area contributed by atoms with Gasteiger partial charge in [-0.25, -0.2) is 4.39 Å². The summed E-state index contributed by atoms with van der Waals surface area (Å²) >= 11 is 0. The Morgan fingerprint density at radius 2 is 2.26 bits per heavy atom. The van der Waals surface area contributed by atoms with Crippen LogP contribution in [0.15, 0.2) is 18.2 Å². The second kappa shape index (κ2) is 6.52. The molecule has 1 aliphatic rings. The molecule has 0 saturated heterocycles. The van der Waals surface area contributed by atoms with Gasteiger partial charge in [0.2, 0.25) is 5.91 Å². The van der Waals surface area contributed by atoms with Crippen LogP contribution >= 0.6 is 0 Å². The minimum atomic E-state index is -0.382. The highest BCUT2D eigenvalue weighted by Gasteiger charge is 2.20. The molecule has 1 aliphatic carbocycles. The molecule has 1 fully saturated rings. The fourth-order valence-corrected chi connectivity index (χ4v) is 1.70. The van der Waals surface area contributed by atoms with E-state index in [-0.39, 0.29) is 30.5 Å². The Morgan fingerprint density at radius 3 is 2.89 bits per heavy atom. The number of hydrogen-bond acceptors (Lipinski definition) is 3. The Morgan fingerprint density at radius 1 is 1.47 bits per heavy atom. The highest BCUT2D eigenvalue weighted by molar-refractivity contribution is 5.75. The third-order valence-corrected chi connectivity index (χ3v) is 3.03. The second-order valence-electron chi connectivity index (χ2n) is 4.69. The van der Waals surface area contributed by atoms with Gasteiger partial charge in [0.15, 0.2) is 11.6 Å². The summed E-state index contributed by atoms with van der Waals surface area (Å²) in [4.78, 5) is 11.0. The topological polar surface area (TPSA) is 50.4 Å². The first-order chi connectivity index (χ1) is 9.19. The maximum atomic E-state index is 13.7. The first-order valence-electron chi connectivity index (χ1n) is 6.54. The maximum absolute atomic E-state index is 13.7. The molecule has 2 N–H and O–H groups in total. The van der Waals surface area contributed by atoms with E-state index in [1.807, 2.05) is 6.07 Å². The number of carbonyl (C=O) groups excluding carboxylic acids is 1. The Labute approximate surface area is 112 Å². The average Bonchev–Trinajstić information content (AvgIpc) is 3.22. The normalized spacial score (nSPS) is 14.2. The van der Waals surface area contributed by atoms with Crippen molar-refractivity contribution in [2.75, 3.05) is 13.7 Å². The summed E-state index contributed by atoms with van der Waals surface area (Å²) < 4.78 is 19.0. The molecule has 104 valence electrons. The molecule has 1 amide bonds. The number of amides is 1. The van der Waals surface area contributed by atoms with Crippen LogP contribution in [0.3, 0.4) is 0 Å². The lowest BCUT2D eigenvalue weighted by atomic mass is 10.2. The van der Waals surface area contributed by atoms with Crippen LogP contribution in [-0.4, -0.2) is 25.6 Å². The van der Waals surface area contributed by atoms with Crippen LogP contribution in [0.4, 0.5) is 4.39 Å². The fourth-order valence-electron chi connectivity index (χ4n) is 1.70. The van der Waals surface area contributed by atoms with Gasteiger partial charge < -0.3 is 15.4 Å². The van der Waals surface area contributed by atoms with Gasteiger partial charge in [0.05, 0.1) is 13.0 Å². The zero-order valence-electron chi connectivity index (χ0n) is 11.0. The predicted molar refractivity (Wildman–Crippen MR) is 70.4 cm³/mol. The lowest BCUT2D eigenvalue weighted by Crippen LogP contribution is -2.20. The third-order valence-electron chi connectivity index (χ3n) is 3.03. The summed E-state index contributed by atoms with van der Waals surface area (Å²) in [5.74, 6) is -0.309.